The number of thiazole rings is 1. The van der Waals surface area contributed by atoms with Gasteiger partial charge in [0.2, 0.25) is 5.13 Å². The molecule has 0 aliphatic heterocycles. The lowest BCUT2D eigenvalue weighted by molar-refractivity contribution is -0.384. The van der Waals surface area contributed by atoms with E-state index in [1.54, 1.807) is 18.3 Å². The lowest BCUT2D eigenvalue weighted by Gasteiger charge is -2.05. The molecule has 0 amide bonds. The number of anilines is 1. The Bertz CT molecular complexity index is 1160. The van der Waals surface area contributed by atoms with Crippen LogP contribution >= 0.6 is 11.3 Å². The highest BCUT2D eigenvalue weighted by Crippen LogP contribution is 2.28. The Morgan fingerprint density at radius 1 is 0.967 bits per heavy atom. The van der Waals surface area contributed by atoms with Gasteiger partial charge in [-0.15, -0.1) is 11.3 Å². The van der Waals surface area contributed by atoms with Crippen LogP contribution in [0.3, 0.4) is 0 Å². The third-order valence-electron chi connectivity index (χ3n) is 4.11. The van der Waals surface area contributed by atoms with Crippen molar-refractivity contribution in [3.8, 4) is 22.8 Å². The number of para-hydroxylation sites is 1. The van der Waals surface area contributed by atoms with Crippen molar-refractivity contribution in [1.29, 1.82) is 0 Å². The number of aromatic nitrogens is 1. The van der Waals surface area contributed by atoms with E-state index >= 15 is 0 Å². The van der Waals surface area contributed by atoms with Gasteiger partial charge in [0, 0.05) is 23.1 Å². The molecule has 1 N–H and O–H groups in total. The van der Waals surface area contributed by atoms with E-state index in [0.29, 0.717) is 5.13 Å². The van der Waals surface area contributed by atoms with Gasteiger partial charge in [-0.05, 0) is 54.1 Å². The van der Waals surface area contributed by atoms with Gasteiger partial charge in [0.1, 0.15) is 11.5 Å². The first-order valence-corrected chi connectivity index (χ1v) is 9.88. The van der Waals surface area contributed by atoms with Crippen LogP contribution in [0.1, 0.15) is 5.56 Å². The first kappa shape index (κ1) is 19.3. The van der Waals surface area contributed by atoms with Crippen LogP contribution < -0.4 is 10.2 Å². The molecule has 148 valence electrons. The monoisotopic (exact) mass is 416 g/mol. The third kappa shape index (κ3) is 4.86. The van der Waals surface area contributed by atoms with Crippen molar-refractivity contribution in [3.05, 3.63) is 99.9 Å². The van der Waals surface area contributed by atoms with Crippen molar-refractivity contribution >= 4 is 28.4 Å². The van der Waals surface area contributed by atoms with E-state index in [-0.39, 0.29) is 5.69 Å². The maximum Gasteiger partial charge on any atom is 0.269 e. The average molecular weight is 416 g/mol. The van der Waals surface area contributed by atoms with Crippen molar-refractivity contribution in [3.63, 3.8) is 0 Å². The van der Waals surface area contributed by atoms with E-state index in [4.69, 9.17) is 4.74 Å². The summed E-state index contributed by atoms with van der Waals surface area (Å²) in [5, 5.41) is 17.4. The summed E-state index contributed by atoms with van der Waals surface area (Å²) in [6.07, 6.45) is 1.58. The Kier molecular flexibility index (Phi) is 5.77. The normalized spacial score (nSPS) is 10.8. The highest BCUT2D eigenvalue weighted by molar-refractivity contribution is 7.14. The molecule has 4 aromatic rings. The van der Waals surface area contributed by atoms with Gasteiger partial charge >= 0.3 is 0 Å². The Hall–Kier alpha value is -4.04. The molecule has 0 saturated carbocycles. The minimum absolute atomic E-state index is 0.0462. The lowest BCUT2D eigenvalue weighted by atomic mass is 10.2. The van der Waals surface area contributed by atoms with Gasteiger partial charge in [0.15, 0.2) is 0 Å². The fourth-order valence-electron chi connectivity index (χ4n) is 2.62. The van der Waals surface area contributed by atoms with Crippen LogP contribution in [0.4, 0.5) is 10.8 Å². The second-order valence-corrected chi connectivity index (χ2v) is 7.05. The molecule has 7 nitrogen and oxygen atoms in total. The first-order valence-electron chi connectivity index (χ1n) is 9.00. The molecule has 0 spiro atoms. The maximum atomic E-state index is 10.7. The van der Waals surface area contributed by atoms with Crippen LogP contribution in [0.15, 0.2) is 89.3 Å². The van der Waals surface area contributed by atoms with Crippen molar-refractivity contribution in [2.75, 3.05) is 5.43 Å². The van der Waals surface area contributed by atoms with Crippen molar-refractivity contribution < 1.29 is 9.66 Å². The zero-order valence-electron chi connectivity index (χ0n) is 15.6. The SMILES string of the molecule is O=[N+]([O-])c1ccc(/C=N\Nc2nc(-c3ccc(Oc4ccccc4)cc3)cs2)cc1. The highest BCUT2D eigenvalue weighted by atomic mass is 32.1. The Morgan fingerprint density at radius 3 is 2.37 bits per heavy atom. The molecule has 0 bridgehead atoms. The van der Waals surface area contributed by atoms with E-state index in [2.05, 4.69) is 15.5 Å². The van der Waals surface area contributed by atoms with Gasteiger partial charge in [-0.1, -0.05) is 18.2 Å². The second kappa shape index (κ2) is 8.97. The predicted octanol–water partition coefficient (Wildman–Crippen LogP) is 5.96. The number of hydrogen-bond acceptors (Lipinski definition) is 7. The molecule has 0 aliphatic rings. The molecule has 30 heavy (non-hydrogen) atoms. The summed E-state index contributed by atoms with van der Waals surface area (Å²) in [5.41, 5.74) is 5.48. The summed E-state index contributed by atoms with van der Waals surface area (Å²) >= 11 is 1.44. The molecule has 0 atom stereocenters. The maximum absolute atomic E-state index is 10.7. The van der Waals surface area contributed by atoms with Crippen LogP contribution in [0.25, 0.3) is 11.3 Å². The van der Waals surface area contributed by atoms with E-state index in [1.165, 1.54) is 23.5 Å². The quantitative estimate of drug-likeness (QED) is 0.228. The predicted molar refractivity (Wildman–Crippen MR) is 118 cm³/mol. The molecule has 0 aliphatic carbocycles. The van der Waals surface area contributed by atoms with Crippen LogP contribution in [0.2, 0.25) is 0 Å². The number of hydrogen-bond donors (Lipinski definition) is 1. The fourth-order valence-corrected chi connectivity index (χ4v) is 3.29. The molecule has 1 aromatic heterocycles. The van der Waals surface area contributed by atoms with Gasteiger partial charge in [0.25, 0.3) is 5.69 Å². The Morgan fingerprint density at radius 2 is 1.67 bits per heavy atom. The molecule has 0 fully saturated rings. The summed E-state index contributed by atoms with van der Waals surface area (Å²) in [4.78, 5) is 14.8. The van der Waals surface area contributed by atoms with Crippen LogP contribution in [-0.2, 0) is 0 Å². The smallest absolute Gasteiger partial charge is 0.269 e. The fraction of sp³-hybridized carbons (Fsp3) is 0. The number of ether oxygens (including phenoxy) is 1. The molecular formula is C22H16N4O3S. The third-order valence-corrected chi connectivity index (χ3v) is 4.86. The minimum Gasteiger partial charge on any atom is -0.457 e. The zero-order chi connectivity index (χ0) is 20.8. The number of nitro benzene ring substituents is 1. The molecule has 0 saturated heterocycles. The molecular weight excluding hydrogens is 400 g/mol. The standard InChI is InChI=1S/C22H16N4O3S/c27-26(28)18-10-6-16(7-11-18)14-23-25-22-24-21(15-30-22)17-8-12-20(13-9-17)29-19-4-2-1-3-5-19/h1-15H,(H,24,25)/b23-14-. The number of benzene rings is 3. The number of rotatable bonds is 7. The number of nitro groups is 1. The number of non-ortho nitro benzene ring substituents is 1. The summed E-state index contributed by atoms with van der Waals surface area (Å²) in [6, 6.07) is 23.5. The number of nitrogens with zero attached hydrogens (tertiary/aromatic N) is 3. The van der Waals surface area contributed by atoms with Crippen molar-refractivity contribution in [1.82, 2.24) is 4.98 Å². The van der Waals surface area contributed by atoms with Crippen LogP contribution in [-0.4, -0.2) is 16.1 Å². The number of nitrogens with one attached hydrogen (secondary N) is 1. The Labute approximate surface area is 176 Å². The lowest BCUT2D eigenvalue weighted by Crippen LogP contribution is -1.91. The van der Waals surface area contributed by atoms with Gasteiger partial charge < -0.3 is 4.74 Å². The molecule has 0 unspecified atom stereocenters. The van der Waals surface area contributed by atoms with Crippen molar-refractivity contribution in [2.45, 2.75) is 0 Å². The zero-order valence-corrected chi connectivity index (χ0v) is 16.5. The van der Waals surface area contributed by atoms with Gasteiger partial charge in [-0.2, -0.15) is 5.10 Å². The van der Waals surface area contributed by atoms with E-state index < -0.39 is 4.92 Å². The minimum atomic E-state index is -0.434. The first-order chi connectivity index (χ1) is 14.7. The molecule has 3 aromatic carbocycles. The van der Waals surface area contributed by atoms with E-state index in [1.807, 2.05) is 60.0 Å². The second-order valence-electron chi connectivity index (χ2n) is 6.20. The largest absolute Gasteiger partial charge is 0.457 e. The molecule has 0 radical (unpaired) electrons. The molecule has 4 rings (SSSR count). The molecule has 8 heteroatoms. The topological polar surface area (TPSA) is 89.7 Å². The van der Waals surface area contributed by atoms with E-state index in [0.717, 1.165) is 28.3 Å². The van der Waals surface area contributed by atoms with Crippen molar-refractivity contribution in [2.24, 2.45) is 5.10 Å². The van der Waals surface area contributed by atoms with Gasteiger partial charge in [0.05, 0.1) is 16.8 Å². The van der Waals surface area contributed by atoms with E-state index in [9.17, 15) is 10.1 Å². The summed E-state index contributed by atoms with van der Waals surface area (Å²) in [7, 11) is 0. The average Bonchev–Trinajstić information content (AvgIpc) is 3.24. The molecule has 1 heterocycles. The van der Waals surface area contributed by atoms with Crippen LogP contribution in [0.5, 0.6) is 11.5 Å². The Balaban J connectivity index is 1.37. The summed E-state index contributed by atoms with van der Waals surface area (Å²) in [5.74, 6) is 1.54. The van der Waals surface area contributed by atoms with Crippen LogP contribution in [0, 0.1) is 10.1 Å². The van der Waals surface area contributed by atoms with Gasteiger partial charge in [-0.3, -0.25) is 15.5 Å². The highest BCUT2D eigenvalue weighted by Gasteiger charge is 2.05. The van der Waals surface area contributed by atoms with Gasteiger partial charge in [-0.25, -0.2) is 4.98 Å². The summed E-state index contributed by atoms with van der Waals surface area (Å²) in [6.45, 7) is 0. The number of hydrazone groups is 1. The summed E-state index contributed by atoms with van der Waals surface area (Å²) < 4.78 is 5.80.